The number of nitrogens with zero attached hydrogens (tertiary/aromatic N) is 2. The summed E-state index contributed by atoms with van der Waals surface area (Å²) in [7, 11) is 0. The molecule has 0 spiro atoms. The van der Waals surface area contributed by atoms with Crippen LogP contribution >= 0.6 is 0 Å². The molecule has 2 rings (SSSR count). The molecule has 1 aromatic heterocycles. The Balaban J connectivity index is 2.16. The molecule has 2 aromatic rings. The lowest BCUT2D eigenvalue weighted by Crippen LogP contribution is -2.13. The molecular weight excluding hydrogens is 253 g/mol. The highest BCUT2D eigenvalue weighted by molar-refractivity contribution is 5.33. The van der Waals surface area contributed by atoms with Crippen molar-refractivity contribution in [1.82, 2.24) is 9.55 Å². The molecule has 0 aliphatic heterocycles. The first-order chi connectivity index (χ1) is 9.47. The van der Waals surface area contributed by atoms with E-state index in [9.17, 15) is 4.39 Å². The van der Waals surface area contributed by atoms with Gasteiger partial charge in [0.25, 0.3) is 0 Å². The van der Waals surface area contributed by atoms with Crippen LogP contribution in [0.15, 0.2) is 24.5 Å². The van der Waals surface area contributed by atoms with Gasteiger partial charge in [-0.3, -0.25) is 0 Å². The topological polar surface area (TPSA) is 29.9 Å². The Hall–Kier alpha value is -1.84. The maximum atomic E-state index is 13.6. The summed E-state index contributed by atoms with van der Waals surface area (Å²) in [6.45, 7) is 9.51. The minimum Gasteiger partial charge on any atom is -0.355 e. The van der Waals surface area contributed by atoms with Crippen LogP contribution in [-0.2, 0) is 6.54 Å². The Bertz CT molecular complexity index is 564. The summed E-state index contributed by atoms with van der Waals surface area (Å²) in [5, 5.41) is 3.33. The summed E-state index contributed by atoms with van der Waals surface area (Å²) in [5.74, 6) is 1.31. The highest BCUT2D eigenvalue weighted by Gasteiger charge is 2.07. The SMILES string of the molecule is Cc1cc(Cn2ccnc2NCC(C)C)cc(C)c1F. The van der Waals surface area contributed by atoms with Gasteiger partial charge in [0.05, 0.1) is 6.54 Å². The van der Waals surface area contributed by atoms with Gasteiger partial charge >= 0.3 is 0 Å². The number of rotatable bonds is 5. The van der Waals surface area contributed by atoms with E-state index in [1.165, 1.54) is 0 Å². The molecule has 0 saturated carbocycles. The van der Waals surface area contributed by atoms with Crippen molar-refractivity contribution in [2.75, 3.05) is 11.9 Å². The van der Waals surface area contributed by atoms with Crippen LogP contribution in [0.1, 0.15) is 30.5 Å². The van der Waals surface area contributed by atoms with Gasteiger partial charge < -0.3 is 9.88 Å². The lowest BCUT2D eigenvalue weighted by atomic mass is 10.1. The lowest BCUT2D eigenvalue weighted by Gasteiger charge is -2.12. The first-order valence-electron chi connectivity index (χ1n) is 6.98. The number of benzene rings is 1. The average Bonchev–Trinajstić information content (AvgIpc) is 2.80. The van der Waals surface area contributed by atoms with Crippen molar-refractivity contribution in [3.8, 4) is 0 Å². The zero-order valence-electron chi connectivity index (χ0n) is 12.6. The number of anilines is 1. The van der Waals surface area contributed by atoms with Crippen molar-refractivity contribution in [1.29, 1.82) is 0 Å². The molecule has 1 aromatic carbocycles. The van der Waals surface area contributed by atoms with E-state index >= 15 is 0 Å². The Morgan fingerprint density at radius 1 is 1.25 bits per heavy atom. The molecule has 108 valence electrons. The lowest BCUT2D eigenvalue weighted by molar-refractivity contribution is 0.607. The Morgan fingerprint density at radius 3 is 2.50 bits per heavy atom. The molecule has 1 heterocycles. The van der Waals surface area contributed by atoms with Crippen LogP contribution in [0, 0.1) is 25.6 Å². The average molecular weight is 275 g/mol. The first kappa shape index (κ1) is 14.6. The van der Waals surface area contributed by atoms with Crippen molar-refractivity contribution in [2.45, 2.75) is 34.2 Å². The van der Waals surface area contributed by atoms with Gasteiger partial charge in [-0.1, -0.05) is 26.0 Å². The fourth-order valence-corrected chi connectivity index (χ4v) is 2.22. The molecule has 20 heavy (non-hydrogen) atoms. The number of aryl methyl sites for hydroxylation is 2. The second kappa shape index (κ2) is 6.07. The van der Waals surface area contributed by atoms with Crippen LogP contribution in [-0.4, -0.2) is 16.1 Å². The second-order valence-electron chi connectivity index (χ2n) is 5.70. The normalized spacial score (nSPS) is 11.1. The molecule has 0 atom stereocenters. The summed E-state index contributed by atoms with van der Waals surface area (Å²) in [6.07, 6.45) is 3.72. The minimum absolute atomic E-state index is 0.113. The van der Waals surface area contributed by atoms with Gasteiger partial charge in [-0.15, -0.1) is 0 Å². The summed E-state index contributed by atoms with van der Waals surface area (Å²) < 4.78 is 15.7. The minimum atomic E-state index is -0.113. The third kappa shape index (κ3) is 3.38. The number of hydrogen-bond acceptors (Lipinski definition) is 2. The van der Waals surface area contributed by atoms with Gasteiger partial charge in [0.1, 0.15) is 5.82 Å². The highest BCUT2D eigenvalue weighted by atomic mass is 19.1. The number of nitrogens with one attached hydrogen (secondary N) is 1. The molecule has 0 radical (unpaired) electrons. The molecule has 0 fully saturated rings. The number of halogens is 1. The van der Waals surface area contributed by atoms with Crippen molar-refractivity contribution in [3.05, 3.63) is 47.0 Å². The van der Waals surface area contributed by atoms with E-state index < -0.39 is 0 Å². The molecule has 0 aliphatic carbocycles. The molecule has 0 unspecified atom stereocenters. The summed E-state index contributed by atoms with van der Waals surface area (Å²) in [4.78, 5) is 4.32. The largest absolute Gasteiger partial charge is 0.355 e. The second-order valence-corrected chi connectivity index (χ2v) is 5.70. The number of hydrogen-bond donors (Lipinski definition) is 1. The van der Waals surface area contributed by atoms with Crippen molar-refractivity contribution < 1.29 is 4.39 Å². The van der Waals surface area contributed by atoms with Crippen LogP contribution in [0.25, 0.3) is 0 Å². The van der Waals surface area contributed by atoms with Crippen LogP contribution in [0.4, 0.5) is 10.3 Å². The molecule has 1 N–H and O–H groups in total. The summed E-state index contributed by atoms with van der Waals surface area (Å²) in [6, 6.07) is 3.79. The maximum Gasteiger partial charge on any atom is 0.203 e. The number of imidazole rings is 1. The van der Waals surface area contributed by atoms with E-state index in [2.05, 4.69) is 28.7 Å². The smallest absolute Gasteiger partial charge is 0.203 e. The number of aromatic nitrogens is 2. The van der Waals surface area contributed by atoms with E-state index in [0.717, 1.165) is 18.1 Å². The molecule has 0 bridgehead atoms. The monoisotopic (exact) mass is 275 g/mol. The van der Waals surface area contributed by atoms with Crippen molar-refractivity contribution in [2.24, 2.45) is 5.92 Å². The van der Waals surface area contributed by atoms with Gasteiger partial charge in [-0.05, 0) is 36.5 Å². The van der Waals surface area contributed by atoms with Crippen molar-refractivity contribution >= 4 is 5.95 Å². The first-order valence-corrected chi connectivity index (χ1v) is 6.98. The van der Waals surface area contributed by atoms with Gasteiger partial charge in [0.15, 0.2) is 0 Å². The van der Waals surface area contributed by atoms with Gasteiger partial charge in [-0.2, -0.15) is 0 Å². The molecular formula is C16H22FN3. The predicted molar refractivity (Wildman–Crippen MR) is 80.5 cm³/mol. The third-order valence-corrected chi connectivity index (χ3v) is 3.23. The zero-order valence-corrected chi connectivity index (χ0v) is 12.6. The van der Waals surface area contributed by atoms with Crippen LogP contribution in [0.5, 0.6) is 0 Å². The van der Waals surface area contributed by atoms with E-state index in [4.69, 9.17) is 0 Å². The van der Waals surface area contributed by atoms with Crippen molar-refractivity contribution in [3.63, 3.8) is 0 Å². The fraction of sp³-hybridized carbons (Fsp3) is 0.438. The van der Waals surface area contributed by atoms with E-state index in [1.807, 2.05) is 18.3 Å². The Labute approximate surface area is 119 Å². The van der Waals surface area contributed by atoms with E-state index in [1.54, 1.807) is 20.0 Å². The molecule has 0 saturated heterocycles. The van der Waals surface area contributed by atoms with Gasteiger partial charge in [0, 0.05) is 18.9 Å². The summed E-state index contributed by atoms with van der Waals surface area (Å²) in [5.41, 5.74) is 2.47. The Morgan fingerprint density at radius 2 is 1.90 bits per heavy atom. The third-order valence-electron chi connectivity index (χ3n) is 3.23. The van der Waals surface area contributed by atoms with E-state index in [0.29, 0.717) is 23.6 Å². The quantitative estimate of drug-likeness (QED) is 0.900. The highest BCUT2D eigenvalue weighted by Crippen LogP contribution is 2.17. The molecule has 4 heteroatoms. The van der Waals surface area contributed by atoms with Crippen LogP contribution < -0.4 is 5.32 Å². The van der Waals surface area contributed by atoms with Gasteiger partial charge in [0.2, 0.25) is 5.95 Å². The van der Waals surface area contributed by atoms with Crippen LogP contribution in [0.2, 0.25) is 0 Å². The molecule has 3 nitrogen and oxygen atoms in total. The molecule has 0 amide bonds. The fourth-order valence-electron chi connectivity index (χ4n) is 2.22. The standard InChI is InChI=1S/C16H22FN3/c1-11(2)9-19-16-18-5-6-20(16)10-14-7-12(3)15(17)13(4)8-14/h5-8,11H,9-10H2,1-4H3,(H,18,19). The van der Waals surface area contributed by atoms with Gasteiger partial charge in [-0.25, -0.2) is 9.37 Å². The summed E-state index contributed by atoms with van der Waals surface area (Å²) >= 11 is 0. The zero-order chi connectivity index (χ0) is 14.7. The van der Waals surface area contributed by atoms with E-state index in [-0.39, 0.29) is 5.82 Å². The van der Waals surface area contributed by atoms with Crippen LogP contribution in [0.3, 0.4) is 0 Å². The maximum absolute atomic E-state index is 13.6. The Kier molecular flexibility index (Phi) is 4.42. The predicted octanol–water partition coefficient (Wildman–Crippen LogP) is 3.76. The molecule has 0 aliphatic rings.